The predicted molar refractivity (Wildman–Crippen MR) is 96.2 cm³/mol. The molecule has 1 amide bonds. The minimum absolute atomic E-state index is 0.0130. The van der Waals surface area contributed by atoms with Gasteiger partial charge >= 0.3 is 0 Å². The Labute approximate surface area is 154 Å². The number of aryl methyl sites for hydroxylation is 1. The van der Waals surface area contributed by atoms with Gasteiger partial charge < -0.3 is 10.1 Å². The van der Waals surface area contributed by atoms with E-state index in [4.69, 9.17) is 4.74 Å². The maximum absolute atomic E-state index is 13.3. The Morgan fingerprint density at radius 1 is 1.26 bits per heavy atom. The van der Waals surface area contributed by atoms with Crippen LogP contribution in [0.1, 0.15) is 27.2 Å². The Bertz CT molecular complexity index is 1050. The molecular formula is C19H17FN4O3. The first-order chi connectivity index (χ1) is 13.0. The summed E-state index contributed by atoms with van der Waals surface area (Å²) in [6.45, 7) is 3.45. The zero-order valence-electron chi connectivity index (χ0n) is 14.7. The minimum Gasteiger partial charge on any atom is -0.439 e. The van der Waals surface area contributed by atoms with Crippen molar-refractivity contribution in [2.24, 2.45) is 0 Å². The van der Waals surface area contributed by atoms with Crippen LogP contribution in [0, 0.1) is 19.7 Å². The number of carbonyl (C=O) groups is 1. The standard InChI is InChI=1S/C19H17FN4O3/c1-11-12(2)23-24-18(26)16(11)17(25)22-10-13-5-4-8-21-19(13)27-15-7-3-6-14(20)9-15/h3-9H,10H2,1-2H3,(H,22,25)(H,24,26). The Kier molecular flexibility index (Phi) is 5.25. The summed E-state index contributed by atoms with van der Waals surface area (Å²) in [4.78, 5) is 28.5. The highest BCUT2D eigenvalue weighted by molar-refractivity contribution is 5.95. The molecule has 27 heavy (non-hydrogen) atoms. The van der Waals surface area contributed by atoms with E-state index in [9.17, 15) is 14.0 Å². The fourth-order valence-electron chi connectivity index (χ4n) is 2.46. The van der Waals surface area contributed by atoms with Crippen molar-refractivity contribution in [2.75, 3.05) is 0 Å². The lowest BCUT2D eigenvalue weighted by molar-refractivity contribution is 0.0948. The van der Waals surface area contributed by atoms with Gasteiger partial charge in [0.05, 0.1) is 5.69 Å². The largest absolute Gasteiger partial charge is 0.439 e. The van der Waals surface area contributed by atoms with Gasteiger partial charge in [-0.2, -0.15) is 5.10 Å². The molecule has 0 atom stereocenters. The molecular weight excluding hydrogens is 351 g/mol. The zero-order chi connectivity index (χ0) is 19.4. The first-order valence-corrected chi connectivity index (χ1v) is 8.17. The summed E-state index contributed by atoms with van der Waals surface area (Å²) in [7, 11) is 0. The molecule has 8 heteroatoms. The van der Waals surface area contributed by atoms with E-state index in [0.29, 0.717) is 22.6 Å². The number of aromatic nitrogens is 3. The number of H-pyrrole nitrogens is 1. The third kappa shape index (κ3) is 4.17. The quantitative estimate of drug-likeness (QED) is 0.722. The highest BCUT2D eigenvalue weighted by Gasteiger charge is 2.17. The van der Waals surface area contributed by atoms with Crippen LogP contribution in [0.25, 0.3) is 0 Å². The number of benzene rings is 1. The van der Waals surface area contributed by atoms with Crippen molar-refractivity contribution < 1.29 is 13.9 Å². The average Bonchev–Trinajstić information content (AvgIpc) is 2.64. The number of carbonyl (C=O) groups excluding carboxylic acids is 1. The fraction of sp³-hybridized carbons (Fsp3) is 0.158. The van der Waals surface area contributed by atoms with Crippen LogP contribution in [0.15, 0.2) is 47.4 Å². The van der Waals surface area contributed by atoms with Crippen molar-refractivity contribution in [3.05, 3.63) is 81.2 Å². The summed E-state index contributed by atoms with van der Waals surface area (Å²) in [6, 6.07) is 9.08. The number of ether oxygens (including phenoxy) is 1. The van der Waals surface area contributed by atoms with E-state index in [1.165, 1.54) is 24.4 Å². The molecule has 138 valence electrons. The molecule has 2 heterocycles. The lowest BCUT2D eigenvalue weighted by Gasteiger charge is -2.11. The topological polar surface area (TPSA) is 97.0 Å². The van der Waals surface area contributed by atoms with E-state index in [0.717, 1.165) is 0 Å². The fourth-order valence-corrected chi connectivity index (χ4v) is 2.46. The SMILES string of the molecule is Cc1n[nH]c(=O)c(C(=O)NCc2cccnc2Oc2cccc(F)c2)c1C. The number of amides is 1. The van der Waals surface area contributed by atoms with E-state index >= 15 is 0 Å². The van der Waals surface area contributed by atoms with Crippen LogP contribution < -0.4 is 15.6 Å². The van der Waals surface area contributed by atoms with E-state index in [-0.39, 0.29) is 18.0 Å². The Morgan fingerprint density at radius 2 is 2.07 bits per heavy atom. The third-order valence-corrected chi connectivity index (χ3v) is 4.00. The molecule has 2 aromatic heterocycles. The van der Waals surface area contributed by atoms with Gasteiger partial charge in [0.15, 0.2) is 0 Å². The van der Waals surface area contributed by atoms with Gasteiger partial charge in [0.2, 0.25) is 5.88 Å². The van der Waals surface area contributed by atoms with Gasteiger partial charge in [-0.1, -0.05) is 12.1 Å². The number of nitrogens with one attached hydrogen (secondary N) is 2. The second-order valence-electron chi connectivity index (χ2n) is 5.85. The molecule has 0 aliphatic heterocycles. The molecule has 0 radical (unpaired) electrons. The minimum atomic E-state index is -0.557. The average molecular weight is 368 g/mol. The van der Waals surface area contributed by atoms with Gasteiger partial charge in [-0.05, 0) is 37.6 Å². The molecule has 0 bridgehead atoms. The molecule has 0 unspecified atom stereocenters. The molecule has 7 nitrogen and oxygen atoms in total. The summed E-state index contributed by atoms with van der Waals surface area (Å²) in [5, 5.41) is 8.81. The molecule has 3 aromatic rings. The van der Waals surface area contributed by atoms with E-state index in [1.807, 2.05) is 0 Å². The predicted octanol–water partition coefficient (Wildman–Crippen LogP) is 2.64. The molecule has 0 aliphatic carbocycles. The van der Waals surface area contributed by atoms with Crippen LogP contribution in [0.4, 0.5) is 4.39 Å². The molecule has 0 saturated carbocycles. The molecule has 3 rings (SSSR count). The van der Waals surface area contributed by atoms with Crippen molar-refractivity contribution in [1.29, 1.82) is 0 Å². The van der Waals surface area contributed by atoms with Gasteiger partial charge in [-0.15, -0.1) is 0 Å². The third-order valence-electron chi connectivity index (χ3n) is 4.00. The molecule has 2 N–H and O–H groups in total. The number of nitrogens with zero attached hydrogens (tertiary/aromatic N) is 2. The van der Waals surface area contributed by atoms with E-state index in [1.54, 1.807) is 32.0 Å². The maximum Gasteiger partial charge on any atom is 0.277 e. The van der Waals surface area contributed by atoms with Gasteiger partial charge in [-0.3, -0.25) is 9.59 Å². The summed E-state index contributed by atoms with van der Waals surface area (Å²) in [5.41, 5.74) is 1.11. The van der Waals surface area contributed by atoms with Gasteiger partial charge in [0.25, 0.3) is 11.5 Å². The summed E-state index contributed by atoms with van der Waals surface area (Å²) in [6.07, 6.45) is 1.53. The Balaban J connectivity index is 1.78. The van der Waals surface area contributed by atoms with Crippen LogP contribution in [0.5, 0.6) is 11.6 Å². The molecule has 0 fully saturated rings. The van der Waals surface area contributed by atoms with Gasteiger partial charge in [0, 0.05) is 24.4 Å². The summed E-state index contributed by atoms with van der Waals surface area (Å²) in [5.74, 6) is -0.431. The van der Waals surface area contributed by atoms with Crippen molar-refractivity contribution in [2.45, 2.75) is 20.4 Å². The highest BCUT2D eigenvalue weighted by Crippen LogP contribution is 2.23. The molecule has 1 aromatic carbocycles. The highest BCUT2D eigenvalue weighted by atomic mass is 19.1. The number of rotatable bonds is 5. The first kappa shape index (κ1) is 18.2. The molecule has 0 saturated heterocycles. The number of pyridine rings is 1. The molecule has 0 spiro atoms. The zero-order valence-corrected chi connectivity index (χ0v) is 14.7. The number of aromatic amines is 1. The Hall–Kier alpha value is -3.55. The lowest BCUT2D eigenvalue weighted by Crippen LogP contribution is -2.31. The van der Waals surface area contributed by atoms with E-state index in [2.05, 4.69) is 20.5 Å². The van der Waals surface area contributed by atoms with Crippen molar-refractivity contribution in [3.63, 3.8) is 0 Å². The van der Waals surface area contributed by atoms with Crippen LogP contribution in [0.3, 0.4) is 0 Å². The summed E-state index contributed by atoms with van der Waals surface area (Å²) < 4.78 is 18.9. The van der Waals surface area contributed by atoms with Gasteiger partial charge in [-0.25, -0.2) is 14.5 Å². The van der Waals surface area contributed by atoms with Crippen molar-refractivity contribution in [1.82, 2.24) is 20.5 Å². The Morgan fingerprint density at radius 3 is 2.85 bits per heavy atom. The second kappa shape index (κ2) is 7.77. The number of hydrogen-bond acceptors (Lipinski definition) is 5. The van der Waals surface area contributed by atoms with E-state index < -0.39 is 17.3 Å². The van der Waals surface area contributed by atoms with Crippen molar-refractivity contribution in [3.8, 4) is 11.6 Å². The monoisotopic (exact) mass is 368 g/mol. The lowest BCUT2D eigenvalue weighted by atomic mass is 10.1. The second-order valence-corrected chi connectivity index (χ2v) is 5.85. The van der Waals surface area contributed by atoms with Crippen LogP contribution in [-0.2, 0) is 6.54 Å². The first-order valence-electron chi connectivity index (χ1n) is 8.17. The van der Waals surface area contributed by atoms with Crippen LogP contribution in [-0.4, -0.2) is 21.1 Å². The number of hydrogen-bond donors (Lipinski definition) is 2. The normalized spacial score (nSPS) is 10.5. The maximum atomic E-state index is 13.3. The summed E-state index contributed by atoms with van der Waals surface area (Å²) >= 11 is 0. The smallest absolute Gasteiger partial charge is 0.277 e. The van der Waals surface area contributed by atoms with Crippen LogP contribution in [0.2, 0.25) is 0 Å². The van der Waals surface area contributed by atoms with Crippen molar-refractivity contribution >= 4 is 5.91 Å². The van der Waals surface area contributed by atoms with Gasteiger partial charge in [0.1, 0.15) is 17.1 Å². The molecule has 0 aliphatic rings. The number of halogens is 1. The van der Waals surface area contributed by atoms with Crippen LogP contribution >= 0.6 is 0 Å².